The van der Waals surface area contributed by atoms with Gasteiger partial charge in [-0.2, -0.15) is 5.10 Å². The predicted molar refractivity (Wildman–Crippen MR) is 119 cm³/mol. The van der Waals surface area contributed by atoms with Gasteiger partial charge in [-0.05, 0) is 52.6 Å². The number of aryl methyl sites for hydroxylation is 1. The smallest absolute Gasteiger partial charge is 0.276 e. The van der Waals surface area contributed by atoms with E-state index in [1.807, 2.05) is 30.5 Å². The second-order valence-electron chi connectivity index (χ2n) is 7.97. The van der Waals surface area contributed by atoms with Crippen LogP contribution in [0.25, 0.3) is 0 Å². The molecule has 2 aromatic heterocycles. The summed E-state index contributed by atoms with van der Waals surface area (Å²) in [5, 5.41) is 5.94. The monoisotopic (exact) mass is 407 g/mol. The van der Waals surface area contributed by atoms with Crippen LogP contribution in [0.1, 0.15) is 52.7 Å². The Kier molecular flexibility index (Phi) is 6.13. The van der Waals surface area contributed by atoms with Gasteiger partial charge in [0, 0.05) is 11.1 Å². The predicted octanol–water partition coefficient (Wildman–Crippen LogP) is 4.33. The number of carbonyl (C=O) groups excluding carboxylic acids is 1. The zero-order valence-corrected chi connectivity index (χ0v) is 17.9. The fourth-order valence-corrected chi connectivity index (χ4v) is 3.65. The number of carbonyl (C=O) groups is 1. The lowest BCUT2D eigenvalue weighted by atomic mass is 9.87. The number of nitrogens with one attached hydrogen (secondary N) is 1. The van der Waals surface area contributed by atoms with Gasteiger partial charge in [0.15, 0.2) is 0 Å². The molecule has 0 bridgehead atoms. The first-order valence-electron chi connectivity index (χ1n) is 9.42. The average Bonchev–Trinajstić information content (AvgIpc) is 3.08. The summed E-state index contributed by atoms with van der Waals surface area (Å²) < 4.78 is 1.54. The number of hydrogen-bond donors (Lipinski definition) is 1. The van der Waals surface area contributed by atoms with Crippen LogP contribution >= 0.6 is 11.3 Å². The number of amides is 1. The van der Waals surface area contributed by atoms with Crippen LogP contribution in [0.3, 0.4) is 0 Å². The summed E-state index contributed by atoms with van der Waals surface area (Å²) in [5.41, 5.74) is 5.58. The molecule has 0 aliphatic carbocycles. The first kappa shape index (κ1) is 20.7. The highest BCUT2D eigenvalue weighted by Crippen LogP contribution is 2.22. The van der Waals surface area contributed by atoms with Gasteiger partial charge in [0.2, 0.25) is 0 Å². The number of rotatable bonds is 5. The molecule has 6 heteroatoms. The van der Waals surface area contributed by atoms with Crippen LogP contribution in [0.2, 0.25) is 0 Å². The number of pyridine rings is 1. The van der Waals surface area contributed by atoms with Gasteiger partial charge >= 0.3 is 0 Å². The largest absolute Gasteiger partial charge is 0.310 e. The van der Waals surface area contributed by atoms with Crippen molar-refractivity contribution in [2.24, 2.45) is 5.10 Å². The van der Waals surface area contributed by atoms with E-state index in [0.29, 0.717) is 6.54 Å². The molecule has 0 aliphatic rings. The molecule has 150 valence electrons. The van der Waals surface area contributed by atoms with E-state index in [1.165, 1.54) is 27.5 Å². The van der Waals surface area contributed by atoms with Crippen LogP contribution in [-0.4, -0.2) is 16.7 Å². The number of thiophene rings is 1. The van der Waals surface area contributed by atoms with Gasteiger partial charge in [0.1, 0.15) is 5.56 Å². The molecule has 0 spiro atoms. The minimum absolute atomic E-state index is 0.0684. The van der Waals surface area contributed by atoms with Gasteiger partial charge in [-0.25, -0.2) is 5.43 Å². The first-order valence-corrected chi connectivity index (χ1v) is 10.3. The SMILES string of the molecule is Cc1ccsc1/C=N\NC(=O)c1cccn(Cc2ccc(C(C)(C)C)cc2)c1=O. The Balaban J connectivity index is 1.73. The van der Waals surface area contributed by atoms with E-state index < -0.39 is 5.91 Å². The van der Waals surface area contributed by atoms with Gasteiger partial charge in [0.05, 0.1) is 12.8 Å². The topological polar surface area (TPSA) is 63.5 Å². The maximum atomic E-state index is 12.7. The van der Waals surface area contributed by atoms with Crippen molar-refractivity contribution in [2.45, 2.75) is 39.7 Å². The Bertz CT molecular complexity index is 1090. The fourth-order valence-electron chi connectivity index (χ4n) is 2.87. The van der Waals surface area contributed by atoms with Crippen molar-refractivity contribution in [3.05, 3.63) is 91.5 Å². The van der Waals surface area contributed by atoms with Crippen molar-refractivity contribution in [1.82, 2.24) is 9.99 Å². The standard InChI is InChI=1S/C23H25N3O2S/c1-16-11-13-29-20(16)14-24-25-21(27)19-6-5-12-26(22(19)28)15-17-7-9-18(10-8-17)23(2,3)4/h5-14H,15H2,1-4H3,(H,25,27)/b24-14-. The van der Waals surface area contributed by atoms with Crippen LogP contribution < -0.4 is 11.0 Å². The van der Waals surface area contributed by atoms with Crippen molar-refractivity contribution in [3.63, 3.8) is 0 Å². The molecule has 2 heterocycles. The minimum Gasteiger partial charge on any atom is -0.310 e. The molecule has 0 unspecified atom stereocenters. The number of hydrazone groups is 1. The number of nitrogens with zero attached hydrogens (tertiary/aromatic N) is 2. The lowest BCUT2D eigenvalue weighted by Gasteiger charge is -2.19. The number of aromatic nitrogens is 1. The highest BCUT2D eigenvalue weighted by molar-refractivity contribution is 7.11. The molecule has 5 nitrogen and oxygen atoms in total. The van der Waals surface area contributed by atoms with E-state index in [4.69, 9.17) is 0 Å². The highest BCUT2D eigenvalue weighted by atomic mass is 32.1. The maximum Gasteiger partial charge on any atom is 0.276 e. The van der Waals surface area contributed by atoms with E-state index >= 15 is 0 Å². The number of benzene rings is 1. The summed E-state index contributed by atoms with van der Waals surface area (Å²) in [5.74, 6) is -0.516. The summed E-state index contributed by atoms with van der Waals surface area (Å²) >= 11 is 1.54. The molecule has 0 saturated carbocycles. The molecule has 3 rings (SSSR count). The molecule has 0 saturated heterocycles. The summed E-state index contributed by atoms with van der Waals surface area (Å²) in [6, 6.07) is 13.4. The second-order valence-corrected chi connectivity index (χ2v) is 8.92. The zero-order valence-electron chi connectivity index (χ0n) is 17.1. The van der Waals surface area contributed by atoms with Crippen molar-refractivity contribution >= 4 is 23.5 Å². The van der Waals surface area contributed by atoms with Crippen LogP contribution in [0.4, 0.5) is 0 Å². The molecule has 1 amide bonds. The first-order chi connectivity index (χ1) is 13.8. The Hall–Kier alpha value is -2.99. The van der Waals surface area contributed by atoms with E-state index in [0.717, 1.165) is 16.0 Å². The fraction of sp³-hybridized carbons (Fsp3) is 0.261. The summed E-state index contributed by atoms with van der Waals surface area (Å²) in [7, 11) is 0. The van der Waals surface area contributed by atoms with Crippen molar-refractivity contribution < 1.29 is 4.79 Å². The second kappa shape index (κ2) is 8.57. The number of hydrogen-bond acceptors (Lipinski definition) is 4. The van der Waals surface area contributed by atoms with Gasteiger partial charge in [0.25, 0.3) is 11.5 Å². The Labute approximate surface area is 174 Å². The van der Waals surface area contributed by atoms with Gasteiger partial charge < -0.3 is 4.57 Å². The average molecular weight is 408 g/mol. The van der Waals surface area contributed by atoms with Crippen molar-refractivity contribution in [3.8, 4) is 0 Å². The molecular formula is C23H25N3O2S. The third-order valence-electron chi connectivity index (χ3n) is 4.69. The van der Waals surface area contributed by atoms with Crippen molar-refractivity contribution in [1.29, 1.82) is 0 Å². The molecule has 29 heavy (non-hydrogen) atoms. The van der Waals surface area contributed by atoms with E-state index in [9.17, 15) is 9.59 Å². The van der Waals surface area contributed by atoms with Crippen molar-refractivity contribution in [2.75, 3.05) is 0 Å². The molecule has 0 radical (unpaired) electrons. The quantitative estimate of drug-likeness (QED) is 0.505. The van der Waals surface area contributed by atoms with E-state index in [-0.39, 0.29) is 16.5 Å². The molecule has 0 aliphatic heterocycles. The van der Waals surface area contributed by atoms with Gasteiger partial charge in [-0.3, -0.25) is 9.59 Å². The highest BCUT2D eigenvalue weighted by Gasteiger charge is 2.14. The van der Waals surface area contributed by atoms with Crippen LogP contribution in [0, 0.1) is 6.92 Å². The summed E-state index contributed by atoms with van der Waals surface area (Å²) in [6.45, 7) is 8.87. The Morgan fingerprint density at radius 2 is 1.90 bits per heavy atom. The third kappa shape index (κ3) is 5.09. The zero-order chi connectivity index (χ0) is 21.0. The van der Waals surface area contributed by atoms with Crippen LogP contribution in [-0.2, 0) is 12.0 Å². The Morgan fingerprint density at radius 3 is 2.52 bits per heavy atom. The van der Waals surface area contributed by atoms with Crippen LogP contribution in [0.15, 0.2) is 63.9 Å². The molecule has 0 atom stereocenters. The van der Waals surface area contributed by atoms with Gasteiger partial charge in [-0.15, -0.1) is 11.3 Å². The molecule has 0 fully saturated rings. The lowest BCUT2D eigenvalue weighted by Crippen LogP contribution is -2.30. The summed E-state index contributed by atoms with van der Waals surface area (Å²) in [6.07, 6.45) is 3.28. The lowest BCUT2D eigenvalue weighted by molar-refractivity contribution is 0.0953. The maximum absolute atomic E-state index is 12.7. The van der Waals surface area contributed by atoms with E-state index in [1.54, 1.807) is 18.5 Å². The Morgan fingerprint density at radius 1 is 1.17 bits per heavy atom. The summed E-state index contributed by atoms with van der Waals surface area (Å²) in [4.78, 5) is 26.1. The van der Waals surface area contributed by atoms with Crippen LogP contribution in [0.5, 0.6) is 0 Å². The minimum atomic E-state index is -0.516. The molecule has 3 aromatic rings. The van der Waals surface area contributed by atoms with Gasteiger partial charge in [-0.1, -0.05) is 45.0 Å². The molecule has 1 N–H and O–H groups in total. The van der Waals surface area contributed by atoms with E-state index in [2.05, 4.69) is 43.4 Å². The third-order valence-corrected chi connectivity index (χ3v) is 5.64. The molecular weight excluding hydrogens is 382 g/mol. The molecule has 1 aromatic carbocycles. The normalized spacial score (nSPS) is 11.7.